The second-order valence-corrected chi connectivity index (χ2v) is 5.33. The van der Waals surface area contributed by atoms with Gasteiger partial charge in [-0.2, -0.15) is 0 Å². The maximum atomic E-state index is 12.8. The van der Waals surface area contributed by atoms with E-state index in [1.165, 1.54) is 30.3 Å². The molecule has 22 heavy (non-hydrogen) atoms. The predicted molar refractivity (Wildman–Crippen MR) is 79.4 cm³/mol. The summed E-state index contributed by atoms with van der Waals surface area (Å²) in [6.07, 6.45) is -0.656. The molecule has 0 spiro atoms. The number of amides is 1. The van der Waals surface area contributed by atoms with E-state index in [-0.39, 0.29) is 6.42 Å². The molecule has 0 saturated heterocycles. The van der Waals surface area contributed by atoms with Gasteiger partial charge in [-0.25, -0.2) is 9.18 Å². The first-order valence-electron chi connectivity index (χ1n) is 6.59. The molecule has 1 heterocycles. The fourth-order valence-electron chi connectivity index (χ4n) is 2.25. The van der Waals surface area contributed by atoms with Crippen LogP contribution in [0.2, 0.25) is 5.02 Å². The molecule has 3 rings (SSSR count). The zero-order chi connectivity index (χ0) is 15.7. The number of anilines is 1. The predicted octanol–water partition coefficient (Wildman–Crippen LogP) is 3.20. The second-order valence-electron chi connectivity index (χ2n) is 4.90. The molecule has 1 amide bonds. The largest absolute Gasteiger partial charge is 0.448 e. The van der Waals surface area contributed by atoms with Crippen molar-refractivity contribution in [1.29, 1.82) is 0 Å². The van der Waals surface area contributed by atoms with Crippen LogP contribution in [-0.4, -0.2) is 18.0 Å². The third kappa shape index (κ3) is 2.94. The van der Waals surface area contributed by atoms with E-state index in [2.05, 4.69) is 5.32 Å². The number of nitrogens with one attached hydrogen (secondary N) is 1. The van der Waals surface area contributed by atoms with Crippen LogP contribution in [0, 0.1) is 5.82 Å². The van der Waals surface area contributed by atoms with Gasteiger partial charge in [0, 0.05) is 17.1 Å². The summed E-state index contributed by atoms with van der Waals surface area (Å²) in [5, 5.41) is 3.03. The second kappa shape index (κ2) is 5.77. The van der Waals surface area contributed by atoms with Crippen LogP contribution in [0.3, 0.4) is 0 Å². The van der Waals surface area contributed by atoms with Crippen molar-refractivity contribution in [2.75, 3.05) is 5.32 Å². The molecular weight excluding hydrogens is 309 g/mol. The van der Waals surface area contributed by atoms with Gasteiger partial charge in [0.1, 0.15) is 5.82 Å². The summed E-state index contributed by atoms with van der Waals surface area (Å²) in [6.45, 7) is 0. The molecule has 1 atom stereocenters. The van der Waals surface area contributed by atoms with E-state index >= 15 is 0 Å². The summed E-state index contributed by atoms with van der Waals surface area (Å²) in [7, 11) is 0. The molecule has 6 heteroatoms. The summed E-state index contributed by atoms with van der Waals surface area (Å²) in [6, 6.07) is 10.2. The van der Waals surface area contributed by atoms with E-state index < -0.39 is 23.8 Å². The van der Waals surface area contributed by atoms with Gasteiger partial charge in [-0.3, -0.25) is 4.79 Å². The van der Waals surface area contributed by atoms with Gasteiger partial charge in [0.15, 0.2) is 6.10 Å². The summed E-state index contributed by atoms with van der Waals surface area (Å²) in [5.74, 6) is -1.43. The minimum atomic E-state index is -0.925. The molecule has 0 saturated carbocycles. The van der Waals surface area contributed by atoms with Crippen molar-refractivity contribution in [2.24, 2.45) is 0 Å². The van der Waals surface area contributed by atoms with Crippen LogP contribution in [-0.2, 0) is 16.0 Å². The van der Waals surface area contributed by atoms with Crippen molar-refractivity contribution < 1.29 is 18.7 Å². The molecule has 0 fully saturated rings. The van der Waals surface area contributed by atoms with Gasteiger partial charge in [0.05, 0.1) is 5.56 Å². The fourth-order valence-corrected chi connectivity index (χ4v) is 2.43. The van der Waals surface area contributed by atoms with E-state index in [1.54, 1.807) is 12.1 Å². The van der Waals surface area contributed by atoms with Crippen LogP contribution >= 0.6 is 11.6 Å². The lowest BCUT2D eigenvalue weighted by Gasteiger charge is -2.24. The van der Waals surface area contributed by atoms with Gasteiger partial charge in [0.25, 0.3) is 5.91 Å². The molecule has 0 bridgehead atoms. The maximum absolute atomic E-state index is 12.8. The number of carbonyl (C=O) groups is 2. The van der Waals surface area contributed by atoms with Crippen molar-refractivity contribution >= 4 is 29.2 Å². The number of rotatable bonds is 2. The van der Waals surface area contributed by atoms with Crippen molar-refractivity contribution in [2.45, 2.75) is 12.5 Å². The van der Waals surface area contributed by atoms with E-state index in [4.69, 9.17) is 16.3 Å². The Balaban J connectivity index is 1.76. The highest BCUT2D eigenvalue weighted by Gasteiger charge is 2.31. The summed E-state index contributed by atoms with van der Waals surface area (Å²) in [4.78, 5) is 24.1. The Bertz CT molecular complexity index is 746. The van der Waals surface area contributed by atoms with Gasteiger partial charge in [-0.15, -0.1) is 0 Å². The lowest BCUT2D eigenvalue weighted by molar-refractivity contribution is -0.125. The molecule has 2 aromatic carbocycles. The zero-order valence-electron chi connectivity index (χ0n) is 11.3. The van der Waals surface area contributed by atoms with E-state index in [1.807, 2.05) is 0 Å². The molecule has 0 radical (unpaired) electrons. The average molecular weight is 320 g/mol. The number of cyclic esters (lactones) is 1. The van der Waals surface area contributed by atoms with Gasteiger partial charge < -0.3 is 10.1 Å². The van der Waals surface area contributed by atoms with E-state index in [0.717, 1.165) is 0 Å². The van der Waals surface area contributed by atoms with Gasteiger partial charge >= 0.3 is 5.97 Å². The van der Waals surface area contributed by atoms with Crippen LogP contribution in [0.4, 0.5) is 10.1 Å². The number of halogens is 2. The van der Waals surface area contributed by atoms with E-state index in [0.29, 0.717) is 21.8 Å². The highest BCUT2D eigenvalue weighted by molar-refractivity contribution is 6.31. The molecule has 1 N–H and O–H groups in total. The van der Waals surface area contributed by atoms with Gasteiger partial charge in [0.2, 0.25) is 0 Å². The van der Waals surface area contributed by atoms with Crippen LogP contribution in [0.1, 0.15) is 15.9 Å². The Morgan fingerprint density at radius 3 is 2.68 bits per heavy atom. The Kier molecular flexibility index (Phi) is 3.81. The van der Waals surface area contributed by atoms with Crippen molar-refractivity contribution in [3.05, 3.63) is 64.4 Å². The van der Waals surface area contributed by atoms with Crippen molar-refractivity contribution in [3.63, 3.8) is 0 Å². The molecule has 112 valence electrons. The highest BCUT2D eigenvalue weighted by Crippen LogP contribution is 2.24. The molecule has 4 nitrogen and oxygen atoms in total. The minimum absolute atomic E-state index is 0.269. The normalized spacial score (nSPS) is 16.6. The number of fused-ring (bicyclic) bond motifs is 1. The smallest absolute Gasteiger partial charge is 0.339 e. The lowest BCUT2D eigenvalue weighted by Crippen LogP contribution is -2.38. The molecule has 1 aliphatic rings. The molecule has 0 aromatic heterocycles. The number of esters is 1. The van der Waals surface area contributed by atoms with Crippen molar-refractivity contribution in [1.82, 2.24) is 0 Å². The van der Waals surface area contributed by atoms with Crippen LogP contribution in [0.25, 0.3) is 0 Å². The highest BCUT2D eigenvalue weighted by atomic mass is 35.5. The minimum Gasteiger partial charge on any atom is -0.448 e. The molecule has 0 unspecified atom stereocenters. The molecule has 0 aliphatic carbocycles. The maximum Gasteiger partial charge on any atom is 0.339 e. The number of hydrogen-bond donors (Lipinski definition) is 1. The van der Waals surface area contributed by atoms with E-state index in [9.17, 15) is 14.0 Å². The fraction of sp³-hybridized carbons (Fsp3) is 0.125. The Labute approximate surface area is 130 Å². The number of benzene rings is 2. The summed E-state index contributed by atoms with van der Waals surface area (Å²) >= 11 is 5.84. The first-order chi connectivity index (χ1) is 10.5. The third-order valence-electron chi connectivity index (χ3n) is 3.35. The Morgan fingerprint density at radius 1 is 1.23 bits per heavy atom. The van der Waals surface area contributed by atoms with Crippen LogP contribution < -0.4 is 5.32 Å². The first kappa shape index (κ1) is 14.5. The molecular formula is C16H11ClFNO3. The third-order valence-corrected chi connectivity index (χ3v) is 3.59. The number of ether oxygens (including phenoxy) is 1. The zero-order valence-corrected chi connectivity index (χ0v) is 12.1. The van der Waals surface area contributed by atoms with Crippen LogP contribution in [0.5, 0.6) is 0 Å². The first-order valence-corrected chi connectivity index (χ1v) is 6.96. The summed E-state index contributed by atoms with van der Waals surface area (Å²) < 4.78 is 18.0. The van der Waals surface area contributed by atoms with Crippen molar-refractivity contribution in [3.8, 4) is 0 Å². The number of hydrogen-bond acceptors (Lipinski definition) is 3. The van der Waals surface area contributed by atoms with Gasteiger partial charge in [-0.1, -0.05) is 17.7 Å². The quantitative estimate of drug-likeness (QED) is 0.865. The Hall–Kier alpha value is -2.40. The Morgan fingerprint density at radius 2 is 1.95 bits per heavy atom. The van der Waals surface area contributed by atoms with Gasteiger partial charge in [-0.05, 0) is 42.0 Å². The topological polar surface area (TPSA) is 55.4 Å². The van der Waals surface area contributed by atoms with Crippen LogP contribution in [0.15, 0.2) is 42.5 Å². The molecule has 1 aliphatic heterocycles. The summed E-state index contributed by atoms with van der Waals surface area (Å²) in [5.41, 5.74) is 1.52. The number of carbonyl (C=O) groups excluding carboxylic acids is 2. The average Bonchev–Trinajstić information content (AvgIpc) is 2.50. The standard InChI is InChI=1S/C16H11ClFNO3/c17-10-2-1-9-7-14(22-16(21)13(9)8-10)15(20)19-12-5-3-11(18)4-6-12/h1-6,8,14H,7H2,(H,19,20)/t14-/m1/s1. The SMILES string of the molecule is O=C1O[C@@H](C(=O)Nc2ccc(F)cc2)Cc2ccc(Cl)cc21. The monoisotopic (exact) mass is 319 g/mol. The lowest BCUT2D eigenvalue weighted by atomic mass is 9.98. The molecule has 2 aromatic rings.